The van der Waals surface area contributed by atoms with Crippen LogP contribution in [-0.4, -0.2) is 37.3 Å². The number of H-pyrrole nitrogens is 1. The minimum absolute atomic E-state index is 0.333. The molecule has 0 radical (unpaired) electrons. The smallest absolute Gasteiger partial charge is 0.354 e. The Bertz CT molecular complexity index is 403. The number of nitrogens with one attached hydrogen (secondary N) is 2. The van der Waals surface area contributed by atoms with Crippen molar-refractivity contribution in [2.75, 3.05) is 20.3 Å². The van der Waals surface area contributed by atoms with Gasteiger partial charge < -0.3 is 19.8 Å². The fourth-order valence-electron chi connectivity index (χ4n) is 2.20. The molecule has 2 N–H and O–H groups in total. The first-order valence-corrected chi connectivity index (χ1v) is 6.28. The van der Waals surface area contributed by atoms with Gasteiger partial charge in [-0.1, -0.05) is 6.92 Å². The standard InChI is InChI=1S/C13H20N2O3/c1-9-8-18-6-5-11(9)14-7-10-3-4-12(15-10)13(16)17-2/h3-4,9,11,14-15H,5-8H2,1-2H3. The quantitative estimate of drug-likeness (QED) is 0.793. The molecule has 0 amide bonds. The van der Waals surface area contributed by atoms with Crippen LogP contribution in [0.1, 0.15) is 29.5 Å². The van der Waals surface area contributed by atoms with E-state index in [2.05, 4.69) is 22.0 Å². The normalized spacial score (nSPS) is 23.9. The van der Waals surface area contributed by atoms with Crippen LogP contribution in [0.5, 0.6) is 0 Å². The Morgan fingerprint density at radius 1 is 1.61 bits per heavy atom. The van der Waals surface area contributed by atoms with E-state index in [1.807, 2.05) is 6.07 Å². The van der Waals surface area contributed by atoms with Crippen LogP contribution in [0.25, 0.3) is 0 Å². The summed E-state index contributed by atoms with van der Waals surface area (Å²) in [4.78, 5) is 14.3. The maximum Gasteiger partial charge on any atom is 0.354 e. The van der Waals surface area contributed by atoms with Crippen LogP contribution in [0.4, 0.5) is 0 Å². The Kier molecular flexibility index (Phi) is 4.38. The molecule has 2 unspecified atom stereocenters. The molecule has 5 heteroatoms. The third-order valence-electron chi connectivity index (χ3n) is 3.35. The summed E-state index contributed by atoms with van der Waals surface area (Å²) in [6.45, 7) is 4.55. The van der Waals surface area contributed by atoms with Crippen molar-refractivity contribution >= 4 is 5.97 Å². The van der Waals surface area contributed by atoms with Gasteiger partial charge in [-0.3, -0.25) is 0 Å². The van der Waals surface area contributed by atoms with Gasteiger partial charge in [0, 0.05) is 24.9 Å². The van der Waals surface area contributed by atoms with Gasteiger partial charge in [0.05, 0.1) is 13.7 Å². The highest BCUT2D eigenvalue weighted by Gasteiger charge is 2.21. The lowest BCUT2D eigenvalue weighted by Gasteiger charge is -2.29. The molecule has 5 nitrogen and oxygen atoms in total. The molecule has 18 heavy (non-hydrogen) atoms. The first-order valence-electron chi connectivity index (χ1n) is 6.28. The SMILES string of the molecule is COC(=O)c1ccc(CNC2CCOCC2C)[nH]1. The Morgan fingerprint density at radius 3 is 3.17 bits per heavy atom. The van der Waals surface area contributed by atoms with Crippen LogP contribution in [0, 0.1) is 5.92 Å². The van der Waals surface area contributed by atoms with E-state index in [1.54, 1.807) is 6.07 Å². The third kappa shape index (κ3) is 3.11. The molecule has 0 bridgehead atoms. The van der Waals surface area contributed by atoms with E-state index < -0.39 is 0 Å². The van der Waals surface area contributed by atoms with Gasteiger partial charge in [0.15, 0.2) is 0 Å². The van der Waals surface area contributed by atoms with Crippen LogP contribution < -0.4 is 5.32 Å². The lowest BCUT2D eigenvalue weighted by Crippen LogP contribution is -2.41. The molecule has 1 aliphatic rings. The zero-order valence-electron chi connectivity index (χ0n) is 10.9. The van der Waals surface area contributed by atoms with E-state index in [0.29, 0.717) is 17.7 Å². The monoisotopic (exact) mass is 252 g/mol. The number of rotatable bonds is 4. The van der Waals surface area contributed by atoms with Gasteiger partial charge in [0.25, 0.3) is 0 Å². The molecule has 2 rings (SSSR count). The van der Waals surface area contributed by atoms with E-state index >= 15 is 0 Å². The number of esters is 1. The summed E-state index contributed by atoms with van der Waals surface area (Å²) in [6.07, 6.45) is 1.03. The van der Waals surface area contributed by atoms with Gasteiger partial charge in [-0.05, 0) is 24.5 Å². The molecule has 1 saturated heterocycles. The van der Waals surface area contributed by atoms with Gasteiger partial charge in [-0.25, -0.2) is 4.79 Å². The maximum absolute atomic E-state index is 11.3. The lowest BCUT2D eigenvalue weighted by molar-refractivity contribution is 0.0385. The topological polar surface area (TPSA) is 63.4 Å². The summed E-state index contributed by atoms with van der Waals surface area (Å²) in [5, 5.41) is 3.49. The Hall–Kier alpha value is -1.33. The number of aromatic amines is 1. The predicted molar refractivity (Wildman–Crippen MR) is 67.4 cm³/mol. The van der Waals surface area contributed by atoms with Crippen molar-refractivity contribution in [1.29, 1.82) is 0 Å². The Labute approximate surface area is 107 Å². The zero-order valence-corrected chi connectivity index (χ0v) is 10.9. The maximum atomic E-state index is 11.3. The van der Waals surface area contributed by atoms with Crippen LogP contribution in [0.3, 0.4) is 0 Å². The van der Waals surface area contributed by atoms with Gasteiger partial charge >= 0.3 is 5.97 Å². The Balaban J connectivity index is 1.86. The van der Waals surface area contributed by atoms with Crippen molar-refractivity contribution in [3.63, 3.8) is 0 Å². The van der Waals surface area contributed by atoms with Crippen LogP contribution >= 0.6 is 0 Å². The lowest BCUT2D eigenvalue weighted by atomic mass is 9.98. The molecule has 1 aliphatic heterocycles. The highest BCUT2D eigenvalue weighted by Crippen LogP contribution is 2.14. The van der Waals surface area contributed by atoms with E-state index in [0.717, 1.165) is 31.9 Å². The average molecular weight is 252 g/mol. The van der Waals surface area contributed by atoms with Crippen molar-refractivity contribution in [1.82, 2.24) is 10.3 Å². The van der Waals surface area contributed by atoms with Gasteiger partial charge in [0.2, 0.25) is 0 Å². The number of aromatic nitrogens is 1. The number of hydrogen-bond donors (Lipinski definition) is 2. The molecular formula is C13H20N2O3. The molecule has 0 aliphatic carbocycles. The van der Waals surface area contributed by atoms with Crippen molar-refractivity contribution < 1.29 is 14.3 Å². The minimum Gasteiger partial charge on any atom is -0.464 e. The summed E-state index contributed by atoms with van der Waals surface area (Å²) >= 11 is 0. The highest BCUT2D eigenvalue weighted by atomic mass is 16.5. The van der Waals surface area contributed by atoms with Crippen molar-refractivity contribution in [2.24, 2.45) is 5.92 Å². The highest BCUT2D eigenvalue weighted by molar-refractivity contribution is 5.87. The van der Waals surface area contributed by atoms with E-state index in [1.165, 1.54) is 7.11 Å². The molecule has 0 saturated carbocycles. The minimum atomic E-state index is -0.333. The third-order valence-corrected chi connectivity index (χ3v) is 3.35. The van der Waals surface area contributed by atoms with Gasteiger partial charge in [0.1, 0.15) is 5.69 Å². The summed E-state index contributed by atoms with van der Waals surface area (Å²) in [6, 6.07) is 4.13. The molecule has 1 aromatic rings. The van der Waals surface area contributed by atoms with Crippen molar-refractivity contribution in [3.05, 3.63) is 23.5 Å². The summed E-state index contributed by atoms with van der Waals surface area (Å²) in [5.74, 6) is 0.189. The second-order valence-electron chi connectivity index (χ2n) is 4.72. The molecule has 0 aromatic carbocycles. The van der Waals surface area contributed by atoms with E-state index in [4.69, 9.17) is 4.74 Å². The molecular weight excluding hydrogens is 232 g/mol. The fourth-order valence-corrected chi connectivity index (χ4v) is 2.20. The molecule has 2 atom stereocenters. The van der Waals surface area contributed by atoms with Crippen LogP contribution in [0.15, 0.2) is 12.1 Å². The first kappa shape index (κ1) is 13.1. The van der Waals surface area contributed by atoms with E-state index in [-0.39, 0.29) is 5.97 Å². The first-order chi connectivity index (χ1) is 8.70. The van der Waals surface area contributed by atoms with Gasteiger partial charge in [-0.2, -0.15) is 0 Å². The number of ether oxygens (including phenoxy) is 2. The molecule has 1 aromatic heterocycles. The summed E-state index contributed by atoms with van der Waals surface area (Å²) in [5.41, 5.74) is 1.49. The number of carbonyl (C=O) groups is 1. The number of methoxy groups -OCH3 is 1. The molecule has 100 valence electrons. The van der Waals surface area contributed by atoms with Crippen molar-refractivity contribution in [2.45, 2.75) is 25.9 Å². The molecule has 2 heterocycles. The van der Waals surface area contributed by atoms with Gasteiger partial charge in [-0.15, -0.1) is 0 Å². The predicted octanol–water partition coefficient (Wildman–Crippen LogP) is 1.32. The number of hydrogen-bond acceptors (Lipinski definition) is 4. The van der Waals surface area contributed by atoms with Crippen molar-refractivity contribution in [3.8, 4) is 0 Å². The second kappa shape index (κ2) is 6.02. The fraction of sp³-hybridized carbons (Fsp3) is 0.615. The zero-order chi connectivity index (χ0) is 13.0. The largest absolute Gasteiger partial charge is 0.464 e. The summed E-state index contributed by atoms with van der Waals surface area (Å²) in [7, 11) is 1.38. The average Bonchev–Trinajstić information content (AvgIpc) is 2.86. The second-order valence-corrected chi connectivity index (χ2v) is 4.72. The molecule has 1 fully saturated rings. The van der Waals surface area contributed by atoms with E-state index in [9.17, 15) is 4.79 Å². The van der Waals surface area contributed by atoms with Crippen LogP contribution in [-0.2, 0) is 16.0 Å². The molecule has 0 spiro atoms. The van der Waals surface area contributed by atoms with Crippen LogP contribution in [0.2, 0.25) is 0 Å². The Morgan fingerprint density at radius 2 is 2.44 bits per heavy atom. The summed E-state index contributed by atoms with van der Waals surface area (Å²) < 4.78 is 10.1. The number of carbonyl (C=O) groups excluding carboxylic acids is 1.